The summed E-state index contributed by atoms with van der Waals surface area (Å²) < 4.78 is 24.2. The van der Waals surface area contributed by atoms with Crippen LogP contribution in [-0.4, -0.2) is 44.5 Å². The SMILES string of the molecule is CC1(C)OC[C@H]([C@@](C)(O[Si](C)(C)C(C)(C)C)[C@H]2CCC(=O)O2)O1. The van der Waals surface area contributed by atoms with Crippen LogP contribution < -0.4 is 0 Å². The van der Waals surface area contributed by atoms with Gasteiger partial charge in [0.15, 0.2) is 14.1 Å². The zero-order valence-corrected chi connectivity index (χ0v) is 16.8. The molecule has 0 aromatic heterocycles. The highest BCUT2D eigenvalue weighted by molar-refractivity contribution is 6.74. The molecule has 6 heteroatoms. The molecule has 0 unspecified atom stereocenters. The lowest BCUT2D eigenvalue weighted by atomic mass is 9.91. The highest BCUT2D eigenvalue weighted by Gasteiger charge is 2.56. The molecule has 0 saturated carbocycles. The van der Waals surface area contributed by atoms with Crippen molar-refractivity contribution in [2.24, 2.45) is 0 Å². The lowest BCUT2D eigenvalue weighted by Gasteiger charge is -2.48. The van der Waals surface area contributed by atoms with E-state index in [2.05, 4.69) is 33.9 Å². The Morgan fingerprint density at radius 2 is 1.78 bits per heavy atom. The summed E-state index contributed by atoms with van der Waals surface area (Å²) in [4.78, 5) is 11.7. The minimum absolute atomic E-state index is 0.0614. The number of ether oxygens (including phenoxy) is 3. The molecule has 0 aliphatic carbocycles. The van der Waals surface area contributed by atoms with E-state index in [4.69, 9.17) is 18.6 Å². The average Bonchev–Trinajstić information content (AvgIpc) is 2.93. The lowest BCUT2D eigenvalue weighted by molar-refractivity contribution is -0.187. The summed E-state index contributed by atoms with van der Waals surface area (Å²) in [5, 5.41) is 0.0614. The lowest BCUT2D eigenvalue weighted by Crippen LogP contribution is -2.60. The van der Waals surface area contributed by atoms with Crippen LogP contribution in [0.3, 0.4) is 0 Å². The van der Waals surface area contributed by atoms with Gasteiger partial charge in [-0.3, -0.25) is 4.79 Å². The van der Waals surface area contributed by atoms with E-state index in [0.29, 0.717) is 19.4 Å². The van der Waals surface area contributed by atoms with E-state index >= 15 is 0 Å². The molecule has 2 aliphatic heterocycles. The topological polar surface area (TPSA) is 54.0 Å². The van der Waals surface area contributed by atoms with Crippen molar-refractivity contribution in [3.05, 3.63) is 0 Å². The number of hydrogen-bond acceptors (Lipinski definition) is 5. The van der Waals surface area contributed by atoms with Gasteiger partial charge in [-0.1, -0.05) is 20.8 Å². The van der Waals surface area contributed by atoms with Gasteiger partial charge in [0, 0.05) is 6.42 Å². The molecule has 2 fully saturated rings. The molecule has 0 N–H and O–H groups in total. The minimum Gasteiger partial charge on any atom is -0.459 e. The van der Waals surface area contributed by atoms with Gasteiger partial charge >= 0.3 is 5.97 Å². The molecule has 3 atom stereocenters. The fourth-order valence-electron chi connectivity index (χ4n) is 2.94. The van der Waals surface area contributed by atoms with Crippen molar-refractivity contribution in [3.8, 4) is 0 Å². The molecule has 0 bridgehead atoms. The van der Waals surface area contributed by atoms with E-state index < -0.39 is 19.7 Å². The number of cyclic esters (lactones) is 1. The van der Waals surface area contributed by atoms with Crippen molar-refractivity contribution in [3.63, 3.8) is 0 Å². The van der Waals surface area contributed by atoms with Crippen LogP contribution in [0, 0.1) is 0 Å². The predicted molar refractivity (Wildman–Crippen MR) is 90.7 cm³/mol. The quantitative estimate of drug-likeness (QED) is 0.576. The third-order valence-corrected chi connectivity index (χ3v) is 10.0. The van der Waals surface area contributed by atoms with Gasteiger partial charge < -0.3 is 18.6 Å². The molecule has 2 saturated heterocycles. The summed E-state index contributed by atoms with van der Waals surface area (Å²) in [5.41, 5.74) is -0.692. The van der Waals surface area contributed by atoms with Crippen LogP contribution in [0.2, 0.25) is 18.1 Å². The molecule has 0 aromatic carbocycles. The molecule has 0 spiro atoms. The van der Waals surface area contributed by atoms with Gasteiger partial charge in [0.25, 0.3) is 0 Å². The maximum Gasteiger partial charge on any atom is 0.306 e. The zero-order valence-electron chi connectivity index (χ0n) is 15.8. The summed E-state index contributed by atoms with van der Waals surface area (Å²) in [6.45, 7) is 17.3. The van der Waals surface area contributed by atoms with Gasteiger partial charge in [0.05, 0.1) is 6.61 Å². The van der Waals surface area contributed by atoms with Gasteiger partial charge in [-0.15, -0.1) is 0 Å². The molecule has 2 rings (SSSR count). The second kappa shape index (κ2) is 5.83. The van der Waals surface area contributed by atoms with Gasteiger partial charge in [-0.2, -0.15) is 0 Å². The second-order valence-electron chi connectivity index (χ2n) is 8.88. The van der Waals surface area contributed by atoms with Crippen molar-refractivity contribution in [1.29, 1.82) is 0 Å². The van der Waals surface area contributed by atoms with E-state index in [1.54, 1.807) is 0 Å². The van der Waals surface area contributed by atoms with Crippen LogP contribution in [0.25, 0.3) is 0 Å². The van der Waals surface area contributed by atoms with Gasteiger partial charge in [0.1, 0.15) is 17.8 Å². The van der Waals surface area contributed by atoms with E-state index in [9.17, 15) is 4.79 Å². The Hall–Kier alpha value is -0.433. The van der Waals surface area contributed by atoms with Crippen LogP contribution in [0.4, 0.5) is 0 Å². The molecular weight excluding hydrogens is 312 g/mol. The molecule has 0 amide bonds. The highest BCUT2D eigenvalue weighted by atomic mass is 28.4. The minimum atomic E-state index is -2.07. The number of rotatable bonds is 4. The van der Waals surface area contributed by atoms with Gasteiger partial charge in [0.2, 0.25) is 0 Å². The van der Waals surface area contributed by atoms with Gasteiger partial charge in [-0.25, -0.2) is 0 Å². The zero-order chi connectivity index (χ0) is 17.7. The second-order valence-corrected chi connectivity index (χ2v) is 13.6. The summed E-state index contributed by atoms with van der Waals surface area (Å²) in [7, 11) is -2.07. The Labute approximate surface area is 141 Å². The number of carbonyl (C=O) groups is 1. The fourth-order valence-corrected chi connectivity index (χ4v) is 4.61. The first-order valence-corrected chi connectivity index (χ1v) is 11.4. The molecule has 0 radical (unpaired) electrons. The van der Waals surface area contributed by atoms with Crippen LogP contribution in [0.15, 0.2) is 0 Å². The van der Waals surface area contributed by atoms with Gasteiger partial charge in [-0.05, 0) is 45.3 Å². The van der Waals surface area contributed by atoms with Crippen molar-refractivity contribution in [2.45, 2.75) is 96.1 Å². The third-order valence-electron chi connectivity index (χ3n) is 5.45. The molecule has 5 nitrogen and oxygen atoms in total. The van der Waals surface area contributed by atoms with Crippen molar-refractivity contribution >= 4 is 14.3 Å². The smallest absolute Gasteiger partial charge is 0.306 e. The van der Waals surface area contributed by atoms with E-state index in [1.165, 1.54) is 0 Å². The first-order valence-electron chi connectivity index (χ1n) is 8.48. The molecule has 2 aliphatic rings. The molecule has 23 heavy (non-hydrogen) atoms. The normalized spacial score (nSPS) is 31.0. The Balaban J connectivity index is 2.30. The van der Waals surface area contributed by atoms with Crippen LogP contribution in [0.5, 0.6) is 0 Å². The standard InChI is InChI=1S/C17H32O5Si/c1-15(2,3)23(7,8)22-17(6,12-9-10-14(18)20-12)13-11-19-16(4,5)21-13/h12-13H,9-11H2,1-8H3/t12-,13-,17+/m1/s1. The first-order chi connectivity index (χ1) is 10.3. The van der Waals surface area contributed by atoms with Crippen LogP contribution in [0.1, 0.15) is 54.4 Å². The number of esters is 1. The molecular formula is C17H32O5Si. The van der Waals surface area contributed by atoms with Crippen LogP contribution >= 0.6 is 0 Å². The molecule has 2 heterocycles. The largest absolute Gasteiger partial charge is 0.459 e. The molecule has 134 valence electrons. The van der Waals surface area contributed by atoms with Crippen molar-refractivity contribution in [1.82, 2.24) is 0 Å². The monoisotopic (exact) mass is 344 g/mol. The number of carbonyl (C=O) groups excluding carboxylic acids is 1. The predicted octanol–water partition coefficient (Wildman–Crippen LogP) is 3.62. The highest BCUT2D eigenvalue weighted by Crippen LogP contribution is 2.45. The maximum atomic E-state index is 11.7. The van der Waals surface area contributed by atoms with E-state index in [0.717, 1.165) is 0 Å². The fraction of sp³-hybridized carbons (Fsp3) is 0.941. The number of hydrogen-bond donors (Lipinski definition) is 0. The average molecular weight is 345 g/mol. The Morgan fingerprint density at radius 3 is 2.17 bits per heavy atom. The Bertz CT molecular complexity index is 468. The van der Waals surface area contributed by atoms with E-state index in [1.807, 2.05) is 20.8 Å². The molecule has 0 aromatic rings. The Kier molecular flexibility index (Phi) is 4.79. The van der Waals surface area contributed by atoms with Crippen molar-refractivity contribution in [2.75, 3.05) is 6.61 Å². The Morgan fingerprint density at radius 1 is 1.17 bits per heavy atom. The summed E-state index contributed by atoms with van der Waals surface area (Å²) >= 11 is 0. The first kappa shape index (κ1) is 18.9. The van der Waals surface area contributed by atoms with Crippen molar-refractivity contribution < 1.29 is 23.4 Å². The third kappa shape index (κ3) is 3.81. The van der Waals surface area contributed by atoms with Crippen LogP contribution in [-0.2, 0) is 23.4 Å². The summed E-state index contributed by atoms with van der Waals surface area (Å²) in [5.74, 6) is -0.788. The van der Waals surface area contributed by atoms with E-state index in [-0.39, 0.29) is 23.2 Å². The summed E-state index contributed by atoms with van der Waals surface area (Å²) in [6.07, 6.45) is 0.580. The summed E-state index contributed by atoms with van der Waals surface area (Å²) in [6, 6.07) is 0. The maximum absolute atomic E-state index is 11.7.